The largest absolute Gasteiger partial charge is 1.00 e. The fourth-order valence-electron chi connectivity index (χ4n) is 4.49. The number of rotatable bonds is 8. The number of halogens is 1. The van der Waals surface area contributed by atoms with Gasteiger partial charge < -0.3 is 33.5 Å². The molecule has 0 unspecified atom stereocenters. The molecule has 1 aromatic heterocycles. The Morgan fingerprint density at radius 3 is 2.36 bits per heavy atom. The molecule has 182 valence electrons. The molecule has 0 aliphatic heterocycles. The molecule has 8 nitrogen and oxygen atoms in total. The molecule has 4 rings (SSSR count). The van der Waals surface area contributed by atoms with Crippen molar-refractivity contribution in [2.24, 2.45) is 5.92 Å². The quantitative estimate of drug-likeness (QED) is 0.254. The minimum atomic E-state index is -5.31. The second kappa shape index (κ2) is 13.9. The van der Waals surface area contributed by atoms with Crippen molar-refractivity contribution in [3.63, 3.8) is 0 Å². The normalized spacial score (nSPS) is 14.1. The summed E-state index contributed by atoms with van der Waals surface area (Å²) in [6.45, 7) is -0.0522. The molecule has 3 aromatic rings. The Kier molecular flexibility index (Phi) is 12.2. The molecular formula is C24H26FN2Na2O6P. The summed E-state index contributed by atoms with van der Waals surface area (Å²) in [6.07, 6.45) is 7.07. The molecule has 1 saturated carbocycles. The summed E-state index contributed by atoms with van der Waals surface area (Å²) in [6, 6.07) is 9.31. The summed E-state index contributed by atoms with van der Waals surface area (Å²) in [5.41, 5.74) is 0.673. The van der Waals surface area contributed by atoms with Gasteiger partial charge in [-0.25, -0.2) is 4.39 Å². The first-order valence-corrected chi connectivity index (χ1v) is 12.6. The number of anilines is 1. The van der Waals surface area contributed by atoms with E-state index in [1.165, 1.54) is 36.4 Å². The van der Waals surface area contributed by atoms with Gasteiger partial charge in [0.2, 0.25) is 0 Å². The molecule has 1 aliphatic carbocycles. The fraction of sp³-hybridized carbons (Fsp3) is 0.375. The topological polar surface area (TPSA) is 116 Å². The van der Waals surface area contributed by atoms with Crippen molar-refractivity contribution in [2.75, 3.05) is 19.0 Å². The van der Waals surface area contributed by atoms with Gasteiger partial charge >= 0.3 is 59.1 Å². The van der Waals surface area contributed by atoms with Crippen LogP contribution in [0.15, 0.2) is 47.4 Å². The number of fused-ring (bicyclic) bond motifs is 1. The van der Waals surface area contributed by atoms with Crippen LogP contribution in [0.5, 0.6) is 5.75 Å². The third-order valence-corrected chi connectivity index (χ3v) is 6.66. The zero-order valence-electron chi connectivity index (χ0n) is 20.8. The molecule has 12 heteroatoms. The Balaban J connectivity index is 0.00000228. The maximum Gasteiger partial charge on any atom is 1.00 e. The summed E-state index contributed by atoms with van der Waals surface area (Å²) in [4.78, 5) is 35.8. The van der Waals surface area contributed by atoms with E-state index >= 15 is 4.39 Å². The number of phosphoric acid groups is 1. The maximum absolute atomic E-state index is 15.0. The van der Waals surface area contributed by atoms with Crippen molar-refractivity contribution in [3.05, 3.63) is 58.6 Å². The predicted octanol–water partition coefficient (Wildman–Crippen LogP) is -2.38. The summed E-state index contributed by atoms with van der Waals surface area (Å²) in [7, 11) is -3.80. The van der Waals surface area contributed by atoms with Crippen molar-refractivity contribution < 1.29 is 87.1 Å². The van der Waals surface area contributed by atoms with E-state index in [2.05, 4.69) is 9.84 Å². The molecule has 1 aliphatic rings. The first-order chi connectivity index (χ1) is 16.3. The van der Waals surface area contributed by atoms with Crippen molar-refractivity contribution in [1.29, 1.82) is 0 Å². The van der Waals surface area contributed by atoms with Crippen molar-refractivity contribution >= 4 is 24.4 Å². The summed E-state index contributed by atoms with van der Waals surface area (Å²) >= 11 is 0. The van der Waals surface area contributed by atoms with Gasteiger partial charge in [-0.2, -0.15) is 0 Å². The Morgan fingerprint density at radius 2 is 1.75 bits per heavy atom. The third-order valence-electron chi connectivity index (χ3n) is 6.23. The minimum absolute atomic E-state index is 0. The number of nitrogens with zero attached hydrogens (tertiary/aromatic N) is 1. The van der Waals surface area contributed by atoms with E-state index < -0.39 is 25.8 Å². The number of phosphoric ester groups is 1. The number of pyridine rings is 1. The van der Waals surface area contributed by atoms with Crippen molar-refractivity contribution in [1.82, 2.24) is 4.57 Å². The number of methoxy groups -OCH3 is 1. The average molecular weight is 534 g/mol. The average Bonchev–Trinajstić information content (AvgIpc) is 2.83. The van der Waals surface area contributed by atoms with E-state index in [1.807, 2.05) is 0 Å². The molecule has 0 radical (unpaired) electrons. The molecule has 0 saturated heterocycles. The predicted molar refractivity (Wildman–Crippen MR) is 124 cm³/mol. The van der Waals surface area contributed by atoms with Gasteiger partial charge in [0.25, 0.3) is 0 Å². The molecule has 1 heterocycles. The van der Waals surface area contributed by atoms with E-state index in [4.69, 9.17) is 4.74 Å². The SMILES string of the molecule is COc1ccc(-c2cn(COP(=O)([O-])[O-])c3c(NCC4CCCCC4)ccc(F)c3c2=O)cc1.[Na+].[Na+]. The van der Waals surface area contributed by atoms with Gasteiger partial charge in [0, 0.05) is 18.3 Å². The van der Waals surface area contributed by atoms with Crippen LogP contribution < -0.4 is 84.4 Å². The van der Waals surface area contributed by atoms with Gasteiger partial charge in [0.15, 0.2) is 5.43 Å². The number of hydrogen-bond donors (Lipinski definition) is 1. The number of aromatic nitrogens is 1. The van der Waals surface area contributed by atoms with Crippen LogP contribution in [0.3, 0.4) is 0 Å². The van der Waals surface area contributed by atoms with Crippen LogP contribution in [0.25, 0.3) is 22.0 Å². The Hall–Kier alpha value is -0.710. The fourth-order valence-corrected chi connectivity index (χ4v) is 4.76. The van der Waals surface area contributed by atoms with E-state index in [0.717, 1.165) is 25.7 Å². The van der Waals surface area contributed by atoms with Crippen LogP contribution in [0.1, 0.15) is 32.1 Å². The van der Waals surface area contributed by atoms with Crippen molar-refractivity contribution in [2.45, 2.75) is 38.8 Å². The Labute approximate surface area is 253 Å². The zero-order valence-corrected chi connectivity index (χ0v) is 25.7. The molecule has 36 heavy (non-hydrogen) atoms. The molecule has 0 atom stereocenters. The van der Waals surface area contributed by atoms with Crippen LogP contribution in [0.2, 0.25) is 0 Å². The molecule has 0 bridgehead atoms. The summed E-state index contributed by atoms with van der Waals surface area (Å²) < 4.78 is 37.1. The van der Waals surface area contributed by atoms with E-state index in [-0.39, 0.29) is 75.6 Å². The van der Waals surface area contributed by atoms with Crippen LogP contribution in [0, 0.1) is 11.7 Å². The Morgan fingerprint density at radius 1 is 1.08 bits per heavy atom. The molecule has 1 fully saturated rings. The Bertz CT molecular complexity index is 1280. The standard InChI is InChI=1S/C24H28FN2O6P.2Na/c1-32-18-9-7-17(8-10-18)19-14-27(15-33-34(29,30)31)23-21(12-11-20(25)22(23)24(19)28)26-13-16-5-3-2-4-6-16;;/h7-12,14,16,26H,2-6,13,15H2,1H3,(H2,29,30,31);;/q;2*+1/p-2. The second-order valence-corrected chi connectivity index (χ2v) is 9.63. The van der Waals surface area contributed by atoms with Gasteiger partial charge in [0.05, 0.1) is 31.5 Å². The van der Waals surface area contributed by atoms with Crippen LogP contribution in [0.4, 0.5) is 10.1 Å². The van der Waals surface area contributed by atoms with Crippen LogP contribution in [-0.4, -0.2) is 18.2 Å². The van der Waals surface area contributed by atoms with Gasteiger partial charge in [-0.15, -0.1) is 0 Å². The minimum Gasteiger partial charge on any atom is -0.790 e. The zero-order chi connectivity index (χ0) is 24.3. The number of hydrogen-bond acceptors (Lipinski definition) is 7. The van der Waals surface area contributed by atoms with Crippen LogP contribution >= 0.6 is 7.82 Å². The summed E-state index contributed by atoms with van der Waals surface area (Å²) in [5.74, 6) is 0.277. The van der Waals surface area contributed by atoms with Gasteiger partial charge in [-0.3, -0.25) is 4.79 Å². The van der Waals surface area contributed by atoms with E-state index in [9.17, 15) is 19.1 Å². The molecular weight excluding hydrogens is 508 g/mol. The molecule has 2 aromatic carbocycles. The van der Waals surface area contributed by atoms with Gasteiger partial charge in [0.1, 0.15) is 18.3 Å². The molecule has 1 N–H and O–H groups in total. The van der Waals surface area contributed by atoms with Gasteiger partial charge in [-0.05, 0) is 48.6 Å². The molecule has 0 amide bonds. The maximum atomic E-state index is 15.0. The van der Waals surface area contributed by atoms with E-state index in [1.54, 1.807) is 24.3 Å². The smallest absolute Gasteiger partial charge is 0.790 e. The first kappa shape index (κ1) is 31.5. The monoisotopic (exact) mass is 534 g/mol. The van der Waals surface area contributed by atoms with Crippen LogP contribution in [-0.2, 0) is 15.8 Å². The number of nitrogens with one attached hydrogen (secondary N) is 1. The number of benzene rings is 2. The number of ether oxygens (including phenoxy) is 1. The summed E-state index contributed by atoms with van der Waals surface area (Å²) in [5, 5.41) is 3.09. The second-order valence-electron chi connectivity index (χ2n) is 8.48. The van der Waals surface area contributed by atoms with Gasteiger partial charge in [-0.1, -0.05) is 31.4 Å². The molecule has 0 spiro atoms. The van der Waals surface area contributed by atoms with E-state index in [0.29, 0.717) is 29.5 Å². The first-order valence-electron chi connectivity index (χ1n) is 11.2. The third kappa shape index (κ3) is 7.67. The van der Waals surface area contributed by atoms with Crippen molar-refractivity contribution in [3.8, 4) is 16.9 Å².